The number of aromatic nitrogens is 5. The summed E-state index contributed by atoms with van der Waals surface area (Å²) >= 11 is 0. The normalized spacial score (nSPS) is 20.7. The van der Waals surface area contributed by atoms with E-state index in [4.69, 9.17) is 0 Å². The van der Waals surface area contributed by atoms with Gasteiger partial charge < -0.3 is 15.3 Å². The smallest absolute Gasteiger partial charge is 0.248 e. The minimum atomic E-state index is -0.766. The van der Waals surface area contributed by atoms with Crippen molar-refractivity contribution in [3.63, 3.8) is 0 Å². The molecular formula is C27H35N7O3. The summed E-state index contributed by atoms with van der Waals surface area (Å²) in [5.74, 6) is -0.102. The number of aryl methyl sites for hydroxylation is 1. The second-order valence-corrected chi connectivity index (χ2v) is 11.3. The molecule has 1 saturated carbocycles. The van der Waals surface area contributed by atoms with Crippen LogP contribution < -0.4 is 5.32 Å². The lowest BCUT2D eigenvalue weighted by Gasteiger charge is -2.34. The Hall–Kier alpha value is -3.53. The molecule has 1 saturated heterocycles. The van der Waals surface area contributed by atoms with Crippen LogP contribution in [0.1, 0.15) is 68.9 Å². The molecule has 2 amide bonds. The highest BCUT2D eigenvalue weighted by atomic mass is 16.3. The first-order valence-electron chi connectivity index (χ1n) is 12.9. The van der Waals surface area contributed by atoms with Gasteiger partial charge in [0.1, 0.15) is 12.1 Å². The molecule has 3 heterocycles. The summed E-state index contributed by atoms with van der Waals surface area (Å²) < 4.78 is 3.42. The average Bonchev–Trinajstić information content (AvgIpc) is 3.22. The molecule has 5 rings (SSSR count). The Balaban J connectivity index is 1.33. The highest BCUT2D eigenvalue weighted by Crippen LogP contribution is 2.40. The number of rotatable bonds is 7. The zero-order valence-corrected chi connectivity index (χ0v) is 21.8. The molecule has 2 fully saturated rings. The lowest BCUT2D eigenvalue weighted by atomic mass is 9.85. The van der Waals surface area contributed by atoms with Gasteiger partial charge in [-0.2, -0.15) is 5.10 Å². The number of nitrogens with one attached hydrogen (secondary N) is 1. The minimum Gasteiger partial charge on any atom is -0.391 e. The Labute approximate surface area is 216 Å². The van der Waals surface area contributed by atoms with Crippen molar-refractivity contribution in [2.24, 2.45) is 5.41 Å². The van der Waals surface area contributed by atoms with Crippen molar-refractivity contribution >= 4 is 11.8 Å². The van der Waals surface area contributed by atoms with Gasteiger partial charge in [0.15, 0.2) is 0 Å². The predicted octanol–water partition coefficient (Wildman–Crippen LogP) is 2.52. The van der Waals surface area contributed by atoms with Crippen molar-refractivity contribution in [1.29, 1.82) is 0 Å². The third kappa shape index (κ3) is 5.29. The Kier molecular flexibility index (Phi) is 6.61. The molecule has 10 nitrogen and oxygen atoms in total. The molecule has 1 aliphatic heterocycles. The van der Waals surface area contributed by atoms with Crippen LogP contribution in [-0.2, 0) is 16.1 Å². The Bertz CT molecular complexity index is 1290. The van der Waals surface area contributed by atoms with Crippen LogP contribution in [0.15, 0.2) is 42.7 Å². The second kappa shape index (κ2) is 9.74. The summed E-state index contributed by atoms with van der Waals surface area (Å²) in [6, 6.07) is 8.25. The molecule has 196 valence electrons. The summed E-state index contributed by atoms with van der Waals surface area (Å²) in [5, 5.41) is 26.5. The topological polar surface area (TPSA) is 118 Å². The molecule has 2 aliphatic rings. The number of carbonyl (C=O) groups is 2. The molecule has 2 unspecified atom stereocenters. The maximum Gasteiger partial charge on any atom is 0.248 e. The van der Waals surface area contributed by atoms with Crippen LogP contribution in [0.3, 0.4) is 0 Å². The molecule has 2 aromatic heterocycles. The average molecular weight is 506 g/mol. The summed E-state index contributed by atoms with van der Waals surface area (Å²) in [6.07, 6.45) is 5.36. The second-order valence-electron chi connectivity index (χ2n) is 11.3. The number of carbonyl (C=O) groups excluding carboxylic acids is 2. The van der Waals surface area contributed by atoms with Gasteiger partial charge in [-0.3, -0.25) is 9.59 Å². The number of nitrogens with zero attached hydrogens (tertiary/aromatic N) is 6. The van der Waals surface area contributed by atoms with Crippen LogP contribution in [0.5, 0.6) is 0 Å². The van der Waals surface area contributed by atoms with Gasteiger partial charge >= 0.3 is 0 Å². The van der Waals surface area contributed by atoms with Gasteiger partial charge in [-0.15, -0.1) is 5.10 Å². The molecule has 0 bridgehead atoms. The maximum absolute atomic E-state index is 13.9. The highest BCUT2D eigenvalue weighted by Gasteiger charge is 2.45. The molecular weight excluding hydrogens is 470 g/mol. The molecule has 1 aliphatic carbocycles. The zero-order valence-electron chi connectivity index (χ0n) is 21.8. The van der Waals surface area contributed by atoms with E-state index in [0.717, 1.165) is 35.5 Å². The van der Waals surface area contributed by atoms with Gasteiger partial charge in [0, 0.05) is 37.8 Å². The van der Waals surface area contributed by atoms with Gasteiger partial charge in [-0.25, -0.2) is 9.36 Å². The fraction of sp³-hybridized carbons (Fsp3) is 0.519. The maximum atomic E-state index is 13.9. The molecule has 10 heteroatoms. The minimum absolute atomic E-state index is 0.108. The quantitative estimate of drug-likeness (QED) is 0.509. The number of hydrogen-bond acceptors (Lipinski definition) is 6. The molecule has 2 N–H and O–H groups in total. The van der Waals surface area contributed by atoms with E-state index in [0.29, 0.717) is 5.92 Å². The van der Waals surface area contributed by atoms with Crippen molar-refractivity contribution in [1.82, 2.24) is 35.0 Å². The Morgan fingerprint density at radius 3 is 2.62 bits per heavy atom. The van der Waals surface area contributed by atoms with Crippen molar-refractivity contribution in [2.45, 2.75) is 77.6 Å². The van der Waals surface area contributed by atoms with Crippen molar-refractivity contribution < 1.29 is 14.7 Å². The van der Waals surface area contributed by atoms with E-state index in [-0.39, 0.29) is 31.3 Å². The van der Waals surface area contributed by atoms with Crippen molar-refractivity contribution in [3.05, 3.63) is 59.7 Å². The number of aliphatic hydroxyl groups excluding tert-OH is 1. The first-order valence-corrected chi connectivity index (χ1v) is 12.9. The Morgan fingerprint density at radius 2 is 1.95 bits per heavy atom. The molecule has 0 radical (unpaired) electrons. The van der Waals surface area contributed by atoms with E-state index in [2.05, 4.69) is 20.7 Å². The fourth-order valence-electron chi connectivity index (χ4n) is 5.06. The van der Waals surface area contributed by atoms with E-state index in [1.807, 2.05) is 70.4 Å². The zero-order chi connectivity index (χ0) is 26.3. The van der Waals surface area contributed by atoms with Gasteiger partial charge in [0.25, 0.3) is 0 Å². The summed E-state index contributed by atoms with van der Waals surface area (Å²) in [7, 11) is 0. The molecule has 3 atom stereocenters. The van der Waals surface area contributed by atoms with Gasteiger partial charge in [0.05, 0.1) is 23.2 Å². The summed E-state index contributed by atoms with van der Waals surface area (Å²) in [4.78, 5) is 28.8. The van der Waals surface area contributed by atoms with Gasteiger partial charge in [-0.1, -0.05) is 44.2 Å². The molecule has 0 spiro atoms. The Morgan fingerprint density at radius 1 is 1.19 bits per heavy atom. The van der Waals surface area contributed by atoms with Gasteiger partial charge in [-0.05, 0) is 42.9 Å². The van der Waals surface area contributed by atoms with E-state index >= 15 is 0 Å². The molecule has 3 aromatic rings. The number of β-amino-alcohol motifs (C(OH)–C–C–N with tert-alkyl or cyclic N) is 1. The van der Waals surface area contributed by atoms with E-state index in [9.17, 15) is 14.7 Å². The SMILES string of the molecule is Cc1ccn(-c2ccccc2CNC(=O)C2CC(O)CN2C(=O)[C@@H](n2cc(C3CC3)nn2)C(C)(C)C)n1. The van der Waals surface area contributed by atoms with Crippen LogP contribution in [0.25, 0.3) is 5.69 Å². The largest absolute Gasteiger partial charge is 0.391 e. The van der Waals surface area contributed by atoms with Crippen LogP contribution >= 0.6 is 0 Å². The monoisotopic (exact) mass is 505 g/mol. The van der Waals surface area contributed by atoms with Crippen molar-refractivity contribution in [2.75, 3.05) is 6.54 Å². The highest BCUT2D eigenvalue weighted by molar-refractivity contribution is 5.90. The van der Waals surface area contributed by atoms with Crippen LogP contribution in [-0.4, -0.2) is 65.3 Å². The van der Waals surface area contributed by atoms with E-state index < -0.39 is 23.6 Å². The lowest BCUT2D eigenvalue weighted by Crippen LogP contribution is -2.50. The van der Waals surface area contributed by atoms with E-state index in [1.54, 1.807) is 9.36 Å². The fourth-order valence-corrected chi connectivity index (χ4v) is 5.06. The summed E-state index contributed by atoms with van der Waals surface area (Å²) in [6.45, 7) is 8.24. The van der Waals surface area contributed by atoms with E-state index in [1.165, 1.54) is 4.90 Å². The molecule has 1 aromatic carbocycles. The van der Waals surface area contributed by atoms with Crippen molar-refractivity contribution in [3.8, 4) is 5.69 Å². The standard InChI is InChI=1S/C27H35N7O3/c1-17-11-12-33(30-17)22-8-6-5-7-19(22)14-28-25(36)23-13-20(35)15-32(23)26(37)24(27(2,3)4)34-16-21(29-31-34)18-9-10-18/h5-8,11-12,16,18,20,23-24,35H,9-10,13-15H2,1-4H3,(H,28,36)/t20?,23?,24-/m1/s1. The number of hydrogen-bond donors (Lipinski definition) is 2. The third-order valence-corrected chi connectivity index (χ3v) is 7.12. The van der Waals surface area contributed by atoms with Crippen LogP contribution in [0, 0.1) is 12.3 Å². The third-order valence-electron chi connectivity index (χ3n) is 7.12. The number of para-hydroxylation sites is 1. The number of benzene rings is 1. The van der Waals surface area contributed by atoms with Crippen LogP contribution in [0.2, 0.25) is 0 Å². The lowest BCUT2D eigenvalue weighted by molar-refractivity contribution is -0.144. The first-order chi connectivity index (χ1) is 17.6. The van der Waals surface area contributed by atoms with Crippen LogP contribution in [0.4, 0.5) is 0 Å². The predicted molar refractivity (Wildman–Crippen MR) is 137 cm³/mol. The number of aliphatic hydroxyl groups is 1. The first kappa shape index (κ1) is 25.1. The molecule has 37 heavy (non-hydrogen) atoms. The number of likely N-dealkylation sites (tertiary alicyclic amines) is 1. The number of amides is 2. The summed E-state index contributed by atoms with van der Waals surface area (Å²) in [5.41, 5.74) is 3.11. The van der Waals surface area contributed by atoms with Gasteiger partial charge in [0.2, 0.25) is 11.8 Å².